The summed E-state index contributed by atoms with van der Waals surface area (Å²) in [6.07, 6.45) is 0. The van der Waals surface area contributed by atoms with Gasteiger partial charge in [-0.3, -0.25) is 14.9 Å². The summed E-state index contributed by atoms with van der Waals surface area (Å²) in [4.78, 5) is 20.9. The van der Waals surface area contributed by atoms with Crippen LogP contribution in [0.25, 0.3) is 0 Å². The molecule has 0 aliphatic rings. The van der Waals surface area contributed by atoms with E-state index in [0.717, 1.165) is 0 Å². The molecule has 0 radical (unpaired) electrons. The maximum atomic E-state index is 10.9. The number of hydrogen-bond donors (Lipinski definition) is 0. The Morgan fingerprint density at radius 1 is 1.57 bits per heavy atom. The van der Waals surface area contributed by atoms with E-state index >= 15 is 0 Å². The van der Waals surface area contributed by atoms with Crippen molar-refractivity contribution in [2.45, 2.75) is 6.92 Å². The predicted molar refractivity (Wildman–Crippen MR) is 60.7 cm³/mol. The zero-order chi connectivity index (χ0) is 10.9. The van der Waals surface area contributed by atoms with Gasteiger partial charge >= 0.3 is 0 Å². The van der Waals surface area contributed by atoms with Gasteiger partial charge in [0, 0.05) is 11.6 Å². The first-order valence-corrected chi connectivity index (χ1v) is 5.03. The van der Waals surface area contributed by atoms with Crippen LogP contribution in [0.1, 0.15) is 15.9 Å². The number of nitrogens with zero attached hydrogens (tertiary/aromatic N) is 1. The lowest BCUT2D eigenvalue weighted by Crippen LogP contribution is -1.98. The topological polar surface area (TPSA) is 60.2 Å². The van der Waals surface area contributed by atoms with Crippen LogP contribution in [0, 0.1) is 20.6 Å². The van der Waals surface area contributed by atoms with Gasteiger partial charge in [-0.2, -0.15) is 0 Å². The van der Waals surface area contributed by atoms with Gasteiger partial charge in [-0.15, -0.1) is 0 Å². The lowest BCUT2D eigenvalue weighted by Gasteiger charge is -2.02. The molecule has 14 heavy (non-hydrogen) atoms. The highest BCUT2D eigenvalue weighted by atomic mass is 127. The highest BCUT2D eigenvalue weighted by molar-refractivity contribution is 14.1. The Bertz CT molecular complexity index is 380. The number of rotatable bonds is 2. The average Bonchev–Trinajstić information content (AvgIpc) is 2.07. The lowest BCUT2D eigenvalue weighted by atomic mass is 10.1. The molecule has 74 valence electrons. The highest BCUT2D eigenvalue weighted by Crippen LogP contribution is 2.25. The van der Waals surface area contributed by atoms with E-state index in [1.165, 1.54) is 12.1 Å². The van der Waals surface area contributed by atoms with Crippen LogP contribution in [0.2, 0.25) is 0 Å². The Hall–Kier alpha value is -0.690. The first-order valence-electron chi connectivity index (χ1n) is 3.58. The molecule has 0 amide bonds. The molecule has 0 unspecified atom stereocenters. The van der Waals surface area contributed by atoms with Gasteiger partial charge in [0.25, 0.3) is 10.9 Å². The second-order valence-electron chi connectivity index (χ2n) is 2.65. The molecule has 0 spiro atoms. The summed E-state index contributed by atoms with van der Waals surface area (Å²) < 4.78 is 0.405. The van der Waals surface area contributed by atoms with E-state index in [2.05, 4.69) is 0 Å². The average molecular weight is 325 g/mol. The van der Waals surface area contributed by atoms with Crippen molar-refractivity contribution in [1.29, 1.82) is 0 Å². The van der Waals surface area contributed by atoms with Gasteiger partial charge in [-0.25, -0.2) is 0 Å². The number of nitro groups is 1. The van der Waals surface area contributed by atoms with Crippen molar-refractivity contribution in [3.63, 3.8) is 0 Å². The number of carbonyl (C=O) groups is 1. The van der Waals surface area contributed by atoms with Gasteiger partial charge in [-0.1, -0.05) is 0 Å². The summed E-state index contributed by atoms with van der Waals surface area (Å²) >= 11 is 7.10. The van der Waals surface area contributed by atoms with Crippen molar-refractivity contribution in [2.24, 2.45) is 0 Å². The minimum atomic E-state index is -0.602. The third-order valence-corrected chi connectivity index (χ3v) is 2.77. The van der Waals surface area contributed by atoms with Crippen LogP contribution >= 0.6 is 34.2 Å². The number of halogens is 2. The van der Waals surface area contributed by atoms with Crippen LogP contribution in [-0.2, 0) is 0 Å². The second-order valence-corrected chi connectivity index (χ2v) is 4.15. The molecule has 0 N–H and O–H groups in total. The van der Waals surface area contributed by atoms with Gasteiger partial charge in [0.05, 0.1) is 8.49 Å². The predicted octanol–water partition coefficient (Wildman–Crippen LogP) is 2.89. The molecule has 6 heteroatoms. The van der Waals surface area contributed by atoms with E-state index < -0.39 is 10.2 Å². The zero-order valence-corrected chi connectivity index (χ0v) is 10.00. The second kappa shape index (κ2) is 4.22. The molecule has 0 atom stereocenters. The first kappa shape index (κ1) is 11.4. The minimum absolute atomic E-state index is 0.00948. The molecule has 0 aliphatic heterocycles. The smallest absolute Gasteiger partial charge is 0.276 e. The van der Waals surface area contributed by atoms with Gasteiger partial charge in [-0.05, 0) is 52.7 Å². The number of nitro benzene ring substituents is 1. The quantitative estimate of drug-likeness (QED) is 0.363. The molecular formula is C8H5ClINO3. The summed E-state index contributed by atoms with van der Waals surface area (Å²) in [5.74, 6) is 0. The van der Waals surface area contributed by atoms with Crippen LogP contribution in [-0.4, -0.2) is 10.2 Å². The molecule has 1 aromatic carbocycles. The summed E-state index contributed by atoms with van der Waals surface area (Å²) in [6, 6.07) is 2.76. The molecule has 1 aromatic rings. The Kier molecular flexibility index (Phi) is 3.43. The minimum Gasteiger partial charge on any atom is -0.276 e. The number of aryl methyl sites for hydroxylation is 1. The van der Waals surface area contributed by atoms with E-state index in [4.69, 9.17) is 11.6 Å². The molecule has 0 fully saturated rings. The largest absolute Gasteiger partial charge is 0.282 e. The van der Waals surface area contributed by atoms with Crippen LogP contribution in [0.4, 0.5) is 5.69 Å². The monoisotopic (exact) mass is 325 g/mol. The van der Waals surface area contributed by atoms with Crippen LogP contribution in [0.5, 0.6) is 0 Å². The molecule has 0 saturated carbocycles. The number of benzene rings is 1. The zero-order valence-electron chi connectivity index (χ0n) is 7.08. The highest BCUT2D eigenvalue weighted by Gasteiger charge is 2.16. The molecular weight excluding hydrogens is 320 g/mol. The van der Waals surface area contributed by atoms with Crippen molar-refractivity contribution in [3.05, 3.63) is 36.9 Å². The molecule has 0 bridgehead atoms. The lowest BCUT2D eigenvalue weighted by molar-refractivity contribution is -0.385. The fraction of sp³-hybridized carbons (Fsp3) is 0.125. The van der Waals surface area contributed by atoms with Crippen LogP contribution in [0.3, 0.4) is 0 Å². The standard InChI is InChI=1S/C8H5ClINO3/c1-4-2-7(11(13)14)6(10)3-5(4)8(9)12/h2-3H,1H3. The van der Waals surface area contributed by atoms with Gasteiger partial charge in [0.1, 0.15) is 0 Å². The van der Waals surface area contributed by atoms with Crippen LogP contribution < -0.4 is 0 Å². The van der Waals surface area contributed by atoms with E-state index in [-0.39, 0.29) is 5.69 Å². The van der Waals surface area contributed by atoms with Crippen molar-refractivity contribution in [3.8, 4) is 0 Å². The number of carbonyl (C=O) groups excluding carboxylic acids is 1. The number of hydrogen-bond acceptors (Lipinski definition) is 3. The Morgan fingerprint density at radius 2 is 2.14 bits per heavy atom. The van der Waals surface area contributed by atoms with Crippen molar-refractivity contribution < 1.29 is 9.72 Å². The maximum absolute atomic E-state index is 10.9. The SMILES string of the molecule is Cc1cc([N+](=O)[O-])c(I)cc1C(=O)Cl. The Morgan fingerprint density at radius 3 is 2.57 bits per heavy atom. The van der Waals surface area contributed by atoms with Crippen LogP contribution in [0.15, 0.2) is 12.1 Å². The van der Waals surface area contributed by atoms with E-state index in [1.54, 1.807) is 29.5 Å². The molecule has 1 rings (SSSR count). The Balaban J connectivity index is 3.38. The molecule has 0 heterocycles. The fourth-order valence-electron chi connectivity index (χ4n) is 1.02. The van der Waals surface area contributed by atoms with E-state index in [0.29, 0.717) is 14.7 Å². The van der Waals surface area contributed by atoms with Gasteiger partial charge < -0.3 is 0 Å². The van der Waals surface area contributed by atoms with Crippen molar-refractivity contribution in [1.82, 2.24) is 0 Å². The van der Waals surface area contributed by atoms with Crippen molar-refractivity contribution >= 4 is 45.1 Å². The summed E-state index contributed by atoms with van der Waals surface area (Å²) in [5.41, 5.74) is 0.809. The summed E-state index contributed by atoms with van der Waals surface area (Å²) in [7, 11) is 0. The molecule has 0 aliphatic carbocycles. The normalized spacial score (nSPS) is 9.93. The summed E-state index contributed by atoms with van der Waals surface area (Å²) in [6.45, 7) is 1.61. The third-order valence-electron chi connectivity index (χ3n) is 1.70. The Labute approximate surface area is 98.5 Å². The van der Waals surface area contributed by atoms with E-state index in [9.17, 15) is 14.9 Å². The van der Waals surface area contributed by atoms with Crippen molar-refractivity contribution in [2.75, 3.05) is 0 Å². The van der Waals surface area contributed by atoms with Gasteiger partial charge in [0.15, 0.2) is 0 Å². The van der Waals surface area contributed by atoms with E-state index in [1.807, 2.05) is 0 Å². The van der Waals surface area contributed by atoms with Gasteiger partial charge in [0.2, 0.25) is 0 Å². The molecule has 0 saturated heterocycles. The third kappa shape index (κ3) is 2.21. The summed E-state index contributed by atoms with van der Waals surface area (Å²) in [5, 5.41) is 9.94. The fourth-order valence-corrected chi connectivity index (χ4v) is 1.89. The first-order chi connectivity index (χ1) is 6.43. The molecule has 0 aromatic heterocycles. The maximum Gasteiger partial charge on any atom is 0.282 e. The molecule has 4 nitrogen and oxygen atoms in total.